The molecule has 1 unspecified atom stereocenters. The summed E-state index contributed by atoms with van der Waals surface area (Å²) in [5, 5.41) is 3.39. The zero-order valence-corrected chi connectivity index (χ0v) is 12.7. The van der Waals surface area contributed by atoms with Gasteiger partial charge in [-0.05, 0) is 38.6 Å². The molecule has 1 saturated heterocycles. The van der Waals surface area contributed by atoms with Gasteiger partial charge in [0.05, 0.1) is 0 Å². The SMILES string of the molecule is CN(C1CCCCC1)S(=O)(=O)NCCC1CCCN1. The summed E-state index contributed by atoms with van der Waals surface area (Å²) in [7, 11) is -1.58. The van der Waals surface area contributed by atoms with Gasteiger partial charge in [-0.25, -0.2) is 4.72 Å². The summed E-state index contributed by atoms with van der Waals surface area (Å²) in [4.78, 5) is 0. The Morgan fingerprint density at radius 1 is 1.16 bits per heavy atom. The predicted octanol–water partition coefficient (Wildman–Crippen LogP) is 1.23. The van der Waals surface area contributed by atoms with Gasteiger partial charge in [-0.1, -0.05) is 19.3 Å². The fourth-order valence-corrected chi connectivity index (χ4v) is 4.29. The van der Waals surface area contributed by atoms with Gasteiger partial charge in [0.1, 0.15) is 0 Å². The standard InChI is InChI=1S/C13H27N3O2S/c1-16(13-7-3-2-4-8-13)19(17,18)15-11-9-12-6-5-10-14-12/h12-15H,2-11H2,1H3. The van der Waals surface area contributed by atoms with Crippen molar-refractivity contribution in [2.24, 2.45) is 0 Å². The second-order valence-corrected chi connectivity index (χ2v) is 7.60. The highest BCUT2D eigenvalue weighted by Crippen LogP contribution is 2.23. The summed E-state index contributed by atoms with van der Waals surface area (Å²) >= 11 is 0. The number of nitrogens with zero attached hydrogens (tertiary/aromatic N) is 1. The van der Waals surface area contributed by atoms with Gasteiger partial charge in [0.25, 0.3) is 10.2 Å². The van der Waals surface area contributed by atoms with Gasteiger partial charge >= 0.3 is 0 Å². The quantitative estimate of drug-likeness (QED) is 0.773. The van der Waals surface area contributed by atoms with Crippen LogP contribution in [-0.2, 0) is 10.2 Å². The van der Waals surface area contributed by atoms with Crippen molar-refractivity contribution in [2.75, 3.05) is 20.1 Å². The maximum atomic E-state index is 12.2. The molecule has 6 heteroatoms. The predicted molar refractivity (Wildman–Crippen MR) is 77.2 cm³/mol. The van der Waals surface area contributed by atoms with E-state index in [0.29, 0.717) is 12.6 Å². The van der Waals surface area contributed by atoms with Gasteiger partial charge in [-0.3, -0.25) is 0 Å². The first-order valence-corrected chi connectivity index (χ1v) is 8.99. The number of nitrogens with one attached hydrogen (secondary N) is 2. The van der Waals surface area contributed by atoms with Crippen LogP contribution < -0.4 is 10.0 Å². The van der Waals surface area contributed by atoms with Gasteiger partial charge in [0.15, 0.2) is 0 Å². The normalized spacial score (nSPS) is 26.1. The maximum absolute atomic E-state index is 12.2. The Bertz CT molecular complexity index is 360. The van der Waals surface area contributed by atoms with Crippen molar-refractivity contribution >= 4 is 10.2 Å². The minimum atomic E-state index is -3.30. The van der Waals surface area contributed by atoms with Crippen LogP contribution in [0.5, 0.6) is 0 Å². The van der Waals surface area contributed by atoms with Crippen molar-refractivity contribution < 1.29 is 8.42 Å². The van der Waals surface area contributed by atoms with E-state index in [-0.39, 0.29) is 6.04 Å². The Balaban J connectivity index is 1.76. The average molecular weight is 289 g/mol. The Kier molecular flexibility index (Phi) is 5.62. The first-order valence-electron chi connectivity index (χ1n) is 7.55. The summed E-state index contributed by atoms with van der Waals surface area (Å²) in [5.74, 6) is 0. The molecule has 1 saturated carbocycles. The van der Waals surface area contributed by atoms with Crippen LogP contribution in [0.3, 0.4) is 0 Å². The van der Waals surface area contributed by atoms with Crippen LogP contribution in [0.2, 0.25) is 0 Å². The molecule has 0 radical (unpaired) electrons. The minimum Gasteiger partial charge on any atom is -0.314 e. The first kappa shape index (κ1) is 15.2. The molecule has 1 heterocycles. The Labute approximate surface area is 117 Å². The lowest BCUT2D eigenvalue weighted by Crippen LogP contribution is -2.45. The molecule has 0 amide bonds. The lowest BCUT2D eigenvalue weighted by atomic mass is 9.96. The van der Waals surface area contributed by atoms with Crippen LogP contribution in [0.15, 0.2) is 0 Å². The highest BCUT2D eigenvalue weighted by atomic mass is 32.2. The second kappa shape index (κ2) is 7.02. The third-order valence-electron chi connectivity index (χ3n) is 4.41. The third kappa shape index (κ3) is 4.41. The van der Waals surface area contributed by atoms with E-state index in [4.69, 9.17) is 0 Å². The van der Waals surface area contributed by atoms with Crippen molar-refractivity contribution in [2.45, 2.75) is 63.5 Å². The summed E-state index contributed by atoms with van der Waals surface area (Å²) in [6, 6.07) is 0.679. The van der Waals surface area contributed by atoms with E-state index in [1.54, 1.807) is 11.4 Å². The minimum absolute atomic E-state index is 0.191. The molecule has 5 nitrogen and oxygen atoms in total. The van der Waals surface area contributed by atoms with Gasteiger partial charge in [-0.2, -0.15) is 12.7 Å². The molecular weight excluding hydrogens is 262 g/mol. The maximum Gasteiger partial charge on any atom is 0.279 e. The second-order valence-electron chi connectivity index (χ2n) is 5.79. The van der Waals surface area contributed by atoms with Gasteiger partial charge in [0, 0.05) is 25.7 Å². The van der Waals surface area contributed by atoms with E-state index in [2.05, 4.69) is 10.0 Å². The smallest absolute Gasteiger partial charge is 0.279 e. The number of rotatable bonds is 6. The van der Waals surface area contributed by atoms with Crippen LogP contribution in [-0.4, -0.2) is 44.9 Å². The Morgan fingerprint density at radius 3 is 2.53 bits per heavy atom. The van der Waals surface area contributed by atoms with Gasteiger partial charge < -0.3 is 5.32 Å². The lowest BCUT2D eigenvalue weighted by molar-refractivity contribution is 0.282. The lowest BCUT2D eigenvalue weighted by Gasteiger charge is -2.30. The summed E-state index contributed by atoms with van der Waals surface area (Å²) in [6.07, 6.45) is 8.80. The fourth-order valence-electron chi connectivity index (χ4n) is 3.11. The molecule has 0 spiro atoms. The molecule has 2 rings (SSSR count). The van der Waals surface area contributed by atoms with E-state index in [1.165, 1.54) is 19.3 Å². The van der Waals surface area contributed by atoms with E-state index in [9.17, 15) is 8.42 Å². The molecule has 0 bridgehead atoms. The summed E-state index contributed by atoms with van der Waals surface area (Å²) in [5.41, 5.74) is 0. The van der Waals surface area contributed by atoms with Crippen molar-refractivity contribution in [1.29, 1.82) is 0 Å². The molecule has 2 fully saturated rings. The largest absolute Gasteiger partial charge is 0.314 e. The Hall–Kier alpha value is -0.170. The average Bonchev–Trinajstić information content (AvgIpc) is 2.92. The molecule has 112 valence electrons. The summed E-state index contributed by atoms with van der Waals surface area (Å²) in [6.45, 7) is 1.61. The zero-order valence-electron chi connectivity index (χ0n) is 11.9. The van der Waals surface area contributed by atoms with E-state index in [0.717, 1.165) is 38.6 Å². The van der Waals surface area contributed by atoms with Crippen LogP contribution in [0.1, 0.15) is 51.4 Å². The molecule has 0 aromatic carbocycles. The van der Waals surface area contributed by atoms with Crippen LogP contribution in [0.25, 0.3) is 0 Å². The molecule has 2 N–H and O–H groups in total. The molecule has 1 aliphatic carbocycles. The number of hydrogen-bond acceptors (Lipinski definition) is 3. The van der Waals surface area contributed by atoms with Crippen LogP contribution >= 0.6 is 0 Å². The molecule has 19 heavy (non-hydrogen) atoms. The van der Waals surface area contributed by atoms with E-state index in [1.807, 2.05) is 0 Å². The van der Waals surface area contributed by atoms with Crippen LogP contribution in [0.4, 0.5) is 0 Å². The topological polar surface area (TPSA) is 61.4 Å². The van der Waals surface area contributed by atoms with Crippen molar-refractivity contribution in [3.05, 3.63) is 0 Å². The van der Waals surface area contributed by atoms with E-state index < -0.39 is 10.2 Å². The molecular formula is C13H27N3O2S. The van der Waals surface area contributed by atoms with Crippen molar-refractivity contribution in [3.63, 3.8) is 0 Å². The highest BCUT2D eigenvalue weighted by Gasteiger charge is 2.27. The monoisotopic (exact) mass is 289 g/mol. The highest BCUT2D eigenvalue weighted by molar-refractivity contribution is 7.87. The number of hydrogen-bond donors (Lipinski definition) is 2. The molecule has 1 aliphatic heterocycles. The third-order valence-corrected chi connectivity index (χ3v) is 6.03. The molecule has 0 aromatic rings. The fraction of sp³-hybridized carbons (Fsp3) is 1.00. The van der Waals surface area contributed by atoms with Crippen molar-refractivity contribution in [3.8, 4) is 0 Å². The van der Waals surface area contributed by atoms with E-state index >= 15 is 0 Å². The first-order chi connectivity index (χ1) is 9.09. The van der Waals surface area contributed by atoms with Crippen molar-refractivity contribution in [1.82, 2.24) is 14.3 Å². The van der Waals surface area contributed by atoms with Crippen LogP contribution in [0, 0.1) is 0 Å². The molecule has 0 aromatic heterocycles. The van der Waals surface area contributed by atoms with Gasteiger partial charge in [-0.15, -0.1) is 0 Å². The molecule has 1 atom stereocenters. The zero-order chi connectivity index (χ0) is 13.7. The van der Waals surface area contributed by atoms with Gasteiger partial charge in [0.2, 0.25) is 0 Å². The molecule has 2 aliphatic rings. The Morgan fingerprint density at radius 2 is 1.89 bits per heavy atom. The summed E-state index contributed by atoms with van der Waals surface area (Å²) < 4.78 is 28.7.